The monoisotopic (exact) mass is 145 g/mol. The molecule has 0 saturated carbocycles. The van der Waals surface area contributed by atoms with Gasteiger partial charge >= 0.3 is 0 Å². The Morgan fingerprint density at radius 3 is 2.40 bits per heavy atom. The van der Waals surface area contributed by atoms with Crippen LogP contribution in [-0.2, 0) is 0 Å². The maximum absolute atomic E-state index is 9.10. The van der Waals surface area contributed by atoms with Crippen LogP contribution in [0.2, 0.25) is 0 Å². The highest BCUT2D eigenvalue weighted by atomic mass is 16.3. The van der Waals surface area contributed by atoms with Crippen LogP contribution in [0.1, 0.15) is 26.7 Å². The molecular weight excluding hydrogens is 126 g/mol. The van der Waals surface area contributed by atoms with E-state index < -0.39 is 0 Å². The van der Waals surface area contributed by atoms with Crippen LogP contribution in [0, 0.1) is 5.92 Å². The maximum atomic E-state index is 9.10. The van der Waals surface area contributed by atoms with Crippen LogP contribution >= 0.6 is 0 Å². The van der Waals surface area contributed by atoms with Crippen molar-refractivity contribution >= 4 is 0 Å². The third kappa shape index (κ3) is 4.77. The minimum absolute atomic E-state index is 0.156. The summed E-state index contributed by atoms with van der Waals surface area (Å²) >= 11 is 0. The summed E-state index contributed by atoms with van der Waals surface area (Å²) in [5, 5.41) is 12.2. The van der Waals surface area contributed by atoms with Gasteiger partial charge in [-0.2, -0.15) is 0 Å². The molecule has 0 radical (unpaired) electrons. The Hall–Kier alpha value is -0.0800. The quantitative estimate of drug-likeness (QED) is 0.566. The molecule has 0 aliphatic heterocycles. The molecule has 0 aliphatic carbocycles. The molecule has 10 heavy (non-hydrogen) atoms. The molecule has 0 amide bonds. The van der Waals surface area contributed by atoms with Gasteiger partial charge in [-0.05, 0) is 39.3 Å². The van der Waals surface area contributed by atoms with Gasteiger partial charge in [0.1, 0.15) is 0 Å². The van der Waals surface area contributed by atoms with E-state index in [-0.39, 0.29) is 6.10 Å². The highest BCUT2D eigenvalue weighted by Gasteiger charge is 2.06. The molecular formula is C8H19NO. The summed E-state index contributed by atoms with van der Waals surface area (Å²) in [5.41, 5.74) is 0. The van der Waals surface area contributed by atoms with Crippen LogP contribution in [0.4, 0.5) is 0 Å². The summed E-state index contributed by atoms with van der Waals surface area (Å²) in [5.74, 6) is 0.438. The molecule has 62 valence electrons. The van der Waals surface area contributed by atoms with Crippen molar-refractivity contribution in [3.63, 3.8) is 0 Å². The fraction of sp³-hybridized carbons (Fsp3) is 1.00. The Morgan fingerprint density at radius 2 is 2.00 bits per heavy atom. The smallest absolute Gasteiger partial charge is 0.0537 e. The van der Waals surface area contributed by atoms with Crippen molar-refractivity contribution in [3.8, 4) is 0 Å². The van der Waals surface area contributed by atoms with E-state index in [9.17, 15) is 0 Å². The van der Waals surface area contributed by atoms with Crippen molar-refractivity contribution in [2.24, 2.45) is 5.92 Å². The summed E-state index contributed by atoms with van der Waals surface area (Å²) in [6.45, 7) is 4.99. The van der Waals surface area contributed by atoms with Gasteiger partial charge in [0.05, 0.1) is 6.10 Å². The lowest BCUT2D eigenvalue weighted by Crippen LogP contribution is -2.15. The first-order chi connectivity index (χ1) is 4.68. The van der Waals surface area contributed by atoms with Gasteiger partial charge in [0.15, 0.2) is 0 Å². The SMILES string of the molecule is CNCCC[C@H](C)[C@H](C)O. The first kappa shape index (κ1) is 9.92. The summed E-state index contributed by atoms with van der Waals surface area (Å²) < 4.78 is 0. The molecule has 0 rings (SSSR count). The van der Waals surface area contributed by atoms with E-state index in [1.165, 1.54) is 0 Å². The number of nitrogens with one attached hydrogen (secondary N) is 1. The van der Waals surface area contributed by atoms with E-state index >= 15 is 0 Å². The van der Waals surface area contributed by atoms with Crippen molar-refractivity contribution in [2.75, 3.05) is 13.6 Å². The van der Waals surface area contributed by atoms with Gasteiger partial charge in [-0.3, -0.25) is 0 Å². The molecule has 2 heteroatoms. The first-order valence-electron chi connectivity index (χ1n) is 4.01. The minimum atomic E-state index is -0.156. The van der Waals surface area contributed by atoms with Crippen LogP contribution in [0.3, 0.4) is 0 Å². The van der Waals surface area contributed by atoms with E-state index in [0.717, 1.165) is 19.4 Å². The molecule has 0 unspecified atom stereocenters. The summed E-state index contributed by atoms with van der Waals surface area (Å²) in [6, 6.07) is 0. The minimum Gasteiger partial charge on any atom is -0.393 e. The molecule has 0 spiro atoms. The molecule has 0 bridgehead atoms. The van der Waals surface area contributed by atoms with Crippen LogP contribution in [-0.4, -0.2) is 24.8 Å². The molecule has 0 aromatic rings. The number of aliphatic hydroxyl groups is 1. The standard InChI is InChI=1S/C8H19NO/c1-7(8(2)10)5-4-6-9-3/h7-10H,4-6H2,1-3H3/t7-,8-/m0/s1. The van der Waals surface area contributed by atoms with E-state index in [0.29, 0.717) is 5.92 Å². The predicted octanol–water partition coefficient (Wildman–Crippen LogP) is 1.00. The van der Waals surface area contributed by atoms with Gasteiger partial charge in [0.25, 0.3) is 0 Å². The zero-order valence-electron chi connectivity index (χ0n) is 7.22. The zero-order chi connectivity index (χ0) is 7.98. The van der Waals surface area contributed by atoms with E-state index in [2.05, 4.69) is 12.2 Å². The molecule has 0 aromatic carbocycles. The fourth-order valence-corrected chi connectivity index (χ4v) is 0.842. The lowest BCUT2D eigenvalue weighted by Gasteiger charge is -2.13. The van der Waals surface area contributed by atoms with Gasteiger partial charge in [0.2, 0.25) is 0 Å². The summed E-state index contributed by atoms with van der Waals surface area (Å²) in [6.07, 6.45) is 2.11. The molecule has 2 N–H and O–H groups in total. The van der Waals surface area contributed by atoms with Crippen molar-refractivity contribution < 1.29 is 5.11 Å². The van der Waals surface area contributed by atoms with Crippen molar-refractivity contribution in [1.29, 1.82) is 0 Å². The maximum Gasteiger partial charge on any atom is 0.0537 e. The zero-order valence-corrected chi connectivity index (χ0v) is 7.22. The third-order valence-corrected chi connectivity index (χ3v) is 1.91. The van der Waals surface area contributed by atoms with Crippen molar-refractivity contribution in [3.05, 3.63) is 0 Å². The average molecular weight is 145 g/mol. The number of hydrogen-bond acceptors (Lipinski definition) is 2. The Balaban J connectivity index is 3.13. The number of rotatable bonds is 5. The largest absolute Gasteiger partial charge is 0.393 e. The topological polar surface area (TPSA) is 32.3 Å². The van der Waals surface area contributed by atoms with Crippen molar-refractivity contribution in [1.82, 2.24) is 5.32 Å². The van der Waals surface area contributed by atoms with Gasteiger partial charge in [-0.15, -0.1) is 0 Å². The Bertz CT molecular complexity index is 73.7. The highest BCUT2D eigenvalue weighted by molar-refractivity contribution is 4.59. The van der Waals surface area contributed by atoms with Crippen LogP contribution in [0.25, 0.3) is 0 Å². The molecule has 0 fully saturated rings. The molecule has 0 saturated heterocycles. The highest BCUT2D eigenvalue weighted by Crippen LogP contribution is 2.08. The molecule has 0 aliphatic rings. The van der Waals surface area contributed by atoms with E-state index in [1.54, 1.807) is 0 Å². The second-order valence-electron chi connectivity index (χ2n) is 2.96. The Morgan fingerprint density at radius 1 is 1.40 bits per heavy atom. The van der Waals surface area contributed by atoms with E-state index in [1.807, 2.05) is 14.0 Å². The summed E-state index contributed by atoms with van der Waals surface area (Å²) in [7, 11) is 1.95. The lowest BCUT2D eigenvalue weighted by molar-refractivity contribution is 0.129. The molecule has 0 heterocycles. The Kier molecular flexibility index (Phi) is 5.64. The average Bonchev–Trinajstić information content (AvgIpc) is 1.88. The third-order valence-electron chi connectivity index (χ3n) is 1.91. The van der Waals surface area contributed by atoms with Crippen LogP contribution in [0.5, 0.6) is 0 Å². The van der Waals surface area contributed by atoms with Gasteiger partial charge in [0, 0.05) is 0 Å². The van der Waals surface area contributed by atoms with Gasteiger partial charge in [-0.1, -0.05) is 6.92 Å². The van der Waals surface area contributed by atoms with E-state index in [4.69, 9.17) is 5.11 Å². The molecule has 0 aromatic heterocycles. The summed E-state index contributed by atoms with van der Waals surface area (Å²) in [4.78, 5) is 0. The molecule has 2 nitrogen and oxygen atoms in total. The first-order valence-corrected chi connectivity index (χ1v) is 4.01. The number of hydrogen-bond donors (Lipinski definition) is 2. The van der Waals surface area contributed by atoms with Crippen LogP contribution < -0.4 is 5.32 Å². The predicted molar refractivity (Wildman–Crippen MR) is 44.0 cm³/mol. The van der Waals surface area contributed by atoms with Gasteiger partial charge in [-0.25, -0.2) is 0 Å². The van der Waals surface area contributed by atoms with Gasteiger partial charge < -0.3 is 10.4 Å². The Labute approximate surface area is 63.6 Å². The second kappa shape index (κ2) is 5.69. The normalized spacial score (nSPS) is 16.8. The van der Waals surface area contributed by atoms with Crippen molar-refractivity contribution in [2.45, 2.75) is 32.8 Å². The van der Waals surface area contributed by atoms with Crippen LogP contribution in [0.15, 0.2) is 0 Å². The second-order valence-corrected chi connectivity index (χ2v) is 2.96. The lowest BCUT2D eigenvalue weighted by atomic mass is 10.0. The molecule has 2 atom stereocenters. The fourth-order valence-electron chi connectivity index (χ4n) is 0.842. The number of aliphatic hydroxyl groups excluding tert-OH is 1.